The van der Waals surface area contributed by atoms with Gasteiger partial charge in [0.25, 0.3) is 15.9 Å². The third-order valence-electron chi connectivity index (χ3n) is 4.36. The van der Waals surface area contributed by atoms with E-state index in [1.807, 2.05) is 0 Å². The van der Waals surface area contributed by atoms with Crippen LogP contribution in [0.1, 0.15) is 11.5 Å². The number of nitrogens with zero attached hydrogens (tertiary/aromatic N) is 3. The molecular weight excluding hydrogens is 442 g/mol. The summed E-state index contributed by atoms with van der Waals surface area (Å²) in [5, 5.41) is 7.73. The van der Waals surface area contributed by atoms with Gasteiger partial charge in [-0.05, 0) is 25.3 Å². The third-order valence-corrected chi connectivity index (χ3v) is 9.68. The van der Waals surface area contributed by atoms with E-state index in [2.05, 4.69) is 10.5 Å². The minimum atomic E-state index is -4.26. The molecule has 0 saturated carbocycles. The lowest BCUT2D eigenvalue weighted by Crippen LogP contribution is -2.54. The van der Waals surface area contributed by atoms with E-state index in [1.165, 1.54) is 19.9 Å². The van der Waals surface area contributed by atoms with Gasteiger partial charge in [-0.3, -0.25) is 4.79 Å². The van der Waals surface area contributed by atoms with Crippen molar-refractivity contribution in [1.29, 1.82) is 0 Å². The highest BCUT2D eigenvalue weighted by Gasteiger charge is 2.50. The summed E-state index contributed by atoms with van der Waals surface area (Å²) in [5.41, 5.74) is 5.54. The molecule has 29 heavy (non-hydrogen) atoms. The number of hydrogen-bond donors (Lipinski definition) is 2. The van der Waals surface area contributed by atoms with Crippen molar-refractivity contribution in [2.75, 3.05) is 26.2 Å². The maximum absolute atomic E-state index is 13.3. The highest BCUT2D eigenvalue weighted by atomic mass is 32.2. The normalized spacial score (nSPS) is 18.9. The molecule has 14 heteroatoms. The molecule has 1 unspecified atom stereocenters. The molecule has 160 valence electrons. The van der Waals surface area contributed by atoms with Crippen LogP contribution in [0.4, 0.5) is 0 Å². The van der Waals surface area contributed by atoms with Crippen molar-refractivity contribution in [2.24, 2.45) is 5.73 Å². The zero-order valence-electron chi connectivity index (χ0n) is 15.7. The van der Waals surface area contributed by atoms with E-state index in [4.69, 9.17) is 10.3 Å². The van der Waals surface area contributed by atoms with Crippen LogP contribution in [0, 0.1) is 13.8 Å². The number of aromatic nitrogens is 1. The Hall–Kier alpha value is -1.84. The lowest BCUT2D eigenvalue weighted by molar-refractivity contribution is -0.126. The number of nitrogens with one attached hydrogen (secondary N) is 1. The molecule has 0 bridgehead atoms. The molecule has 0 aliphatic carbocycles. The summed E-state index contributed by atoms with van der Waals surface area (Å²) in [7, 11) is -8.34. The maximum Gasteiger partial charge on any atom is 0.254 e. The van der Waals surface area contributed by atoms with Gasteiger partial charge in [0.1, 0.15) is 14.8 Å². The van der Waals surface area contributed by atoms with Crippen molar-refractivity contribution in [3.05, 3.63) is 29.0 Å². The Bertz CT molecular complexity index is 1070. The maximum atomic E-state index is 13.3. The third kappa shape index (κ3) is 3.83. The van der Waals surface area contributed by atoms with Crippen molar-refractivity contribution in [2.45, 2.75) is 29.1 Å². The average molecular weight is 464 g/mol. The summed E-state index contributed by atoms with van der Waals surface area (Å²) >= 11 is 0.985. The van der Waals surface area contributed by atoms with Gasteiger partial charge in [0.15, 0.2) is 11.9 Å². The molecule has 0 aromatic carbocycles. The smallest absolute Gasteiger partial charge is 0.254 e. The number of amides is 1. The average Bonchev–Trinajstić information content (AvgIpc) is 3.39. The van der Waals surface area contributed by atoms with Gasteiger partial charge in [0.05, 0.1) is 0 Å². The second-order valence-corrected chi connectivity index (χ2v) is 11.2. The van der Waals surface area contributed by atoms with Crippen LogP contribution in [0.25, 0.3) is 0 Å². The number of carbonyl (C=O) groups is 1. The van der Waals surface area contributed by atoms with Crippen molar-refractivity contribution in [3.8, 4) is 0 Å². The summed E-state index contributed by atoms with van der Waals surface area (Å²) in [6.07, 6.45) is -1.59. The van der Waals surface area contributed by atoms with Crippen molar-refractivity contribution >= 4 is 37.3 Å². The molecule has 1 aliphatic heterocycles. The quantitative estimate of drug-likeness (QED) is 0.554. The van der Waals surface area contributed by atoms with Gasteiger partial charge in [0.2, 0.25) is 10.0 Å². The van der Waals surface area contributed by atoms with Crippen LogP contribution in [-0.2, 0) is 24.8 Å². The predicted octanol–water partition coefficient (Wildman–Crippen LogP) is -0.551. The molecule has 0 radical (unpaired) electrons. The second kappa shape index (κ2) is 8.12. The van der Waals surface area contributed by atoms with Gasteiger partial charge in [-0.1, -0.05) is 11.2 Å². The molecule has 1 fully saturated rings. The van der Waals surface area contributed by atoms with Crippen LogP contribution in [0.3, 0.4) is 0 Å². The zero-order valence-corrected chi connectivity index (χ0v) is 18.2. The first-order valence-corrected chi connectivity index (χ1v) is 12.4. The summed E-state index contributed by atoms with van der Waals surface area (Å²) in [6.45, 7) is 2.71. The lowest BCUT2D eigenvalue weighted by atomic mass is 10.4. The van der Waals surface area contributed by atoms with Crippen molar-refractivity contribution in [3.63, 3.8) is 0 Å². The fourth-order valence-corrected chi connectivity index (χ4v) is 7.69. The van der Waals surface area contributed by atoms with Crippen LogP contribution in [0.5, 0.6) is 0 Å². The lowest BCUT2D eigenvalue weighted by Gasteiger charge is -2.27. The first-order chi connectivity index (χ1) is 13.6. The number of carbonyl (C=O) groups excluding carboxylic acids is 1. The Morgan fingerprint density at radius 3 is 2.45 bits per heavy atom. The minimum absolute atomic E-state index is 0.0192. The van der Waals surface area contributed by atoms with E-state index in [1.54, 1.807) is 11.4 Å². The molecule has 3 rings (SSSR count). The minimum Gasteiger partial charge on any atom is -0.360 e. The standard InChI is InChI=1S/C15H21N5O6S3/c1-10-13(11(2)26-18-10)29(24,25)20-8-7-19(15(20)14(21)17-6-5-16)28(22,23)12-4-3-9-27-12/h3-4,9,15H,5-8,16H2,1-2H3,(H,17,21). The molecule has 1 aliphatic rings. The van der Waals surface area contributed by atoms with Gasteiger partial charge in [-0.25, -0.2) is 16.8 Å². The fraction of sp³-hybridized carbons (Fsp3) is 0.467. The molecule has 0 spiro atoms. The Morgan fingerprint density at radius 2 is 1.93 bits per heavy atom. The van der Waals surface area contributed by atoms with Crippen LogP contribution >= 0.6 is 11.3 Å². The number of rotatable bonds is 7. The van der Waals surface area contributed by atoms with Gasteiger partial charge < -0.3 is 15.6 Å². The van der Waals surface area contributed by atoms with Crippen LogP contribution in [-0.4, -0.2) is 68.9 Å². The molecule has 2 aromatic heterocycles. The van der Waals surface area contributed by atoms with E-state index < -0.39 is 32.1 Å². The first-order valence-electron chi connectivity index (χ1n) is 8.60. The van der Waals surface area contributed by atoms with Gasteiger partial charge in [0, 0.05) is 26.2 Å². The summed E-state index contributed by atoms with van der Waals surface area (Å²) < 4.78 is 59.4. The molecule has 1 saturated heterocycles. The van der Waals surface area contributed by atoms with E-state index in [9.17, 15) is 21.6 Å². The highest BCUT2D eigenvalue weighted by Crippen LogP contribution is 2.32. The number of aryl methyl sites for hydroxylation is 2. The van der Waals surface area contributed by atoms with Crippen LogP contribution in [0.15, 0.2) is 31.1 Å². The Kier molecular flexibility index (Phi) is 6.12. The van der Waals surface area contributed by atoms with E-state index >= 15 is 0 Å². The number of hydrogen-bond acceptors (Lipinski definition) is 9. The van der Waals surface area contributed by atoms with E-state index in [0.717, 1.165) is 19.9 Å². The zero-order chi connectivity index (χ0) is 21.4. The molecule has 3 N–H and O–H groups in total. The molecule has 11 nitrogen and oxygen atoms in total. The monoisotopic (exact) mass is 463 g/mol. The predicted molar refractivity (Wildman–Crippen MR) is 104 cm³/mol. The van der Waals surface area contributed by atoms with Crippen LogP contribution < -0.4 is 11.1 Å². The molecular formula is C15H21N5O6S3. The molecule has 2 aromatic rings. The first kappa shape index (κ1) is 21.9. The molecule has 3 heterocycles. The Balaban J connectivity index is 2.07. The van der Waals surface area contributed by atoms with Crippen molar-refractivity contribution in [1.82, 2.24) is 19.1 Å². The van der Waals surface area contributed by atoms with Gasteiger partial charge >= 0.3 is 0 Å². The topological polar surface area (TPSA) is 156 Å². The van der Waals surface area contributed by atoms with Gasteiger partial charge in [-0.2, -0.15) is 8.61 Å². The molecule has 1 amide bonds. The van der Waals surface area contributed by atoms with Crippen molar-refractivity contribution < 1.29 is 26.2 Å². The summed E-state index contributed by atoms with van der Waals surface area (Å²) in [5.74, 6) is -0.716. The Morgan fingerprint density at radius 1 is 1.28 bits per heavy atom. The highest BCUT2D eigenvalue weighted by molar-refractivity contribution is 7.91. The van der Waals surface area contributed by atoms with Gasteiger partial charge in [-0.15, -0.1) is 11.3 Å². The number of thiophene rings is 1. The summed E-state index contributed by atoms with van der Waals surface area (Å²) in [4.78, 5) is 12.6. The fourth-order valence-electron chi connectivity index (χ4n) is 3.12. The SMILES string of the molecule is Cc1noc(C)c1S(=O)(=O)N1CCN(S(=O)(=O)c2cccs2)C1C(=O)NCCN. The van der Waals surface area contributed by atoms with E-state index in [-0.39, 0.29) is 46.7 Å². The van der Waals surface area contributed by atoms with Crippen LogP contribution in [0.2, 0.25) is 0 Å². The number of sulfonamides is 2. The largest absolute Gasteiger partial charge is 0.360 e. The second-order valence-electron chi connectivity index (χ2n) is 6.27. The Labute approximate surface area is 172 Å². The molecule has 1 atom stereocenters. The summed E-state index contributed by atoms with van der Waals surface area (Å²) in [6, 6.07) is 2.97. The number of nitrogens with two attached hydrogens (primary N) is 1. The van der Waals surface area contributed by atoms with E-state index in [0.29, 0.717) is 0 Å².